The number of hydrogen-bond donors (Lipinski definition) is 1. The molecule has 0 aromatic heterocycles. The molecule has 3 aliphatic heterocycles. The van der Waals surface area contributed by atoms with Gasteiger partial charge in [0.25, 0.3) is 5.91 Å². The van der Waals surface area contributed by atoms with Crippen LogP contribution < -0.4 is 4.90 Å². The molecule has 3 amide bonds. The number of benzene rings is 2. The van der Waals surface area contributed by atoms with Crippen molar-refractivity contribution < 1.29 is 24.2 Å². The van der Waals surface area contributed by atoms with Gasteiger partial charge in [0.05, 0.1) is 30.1 Å². The number of fused-ring (bicyclic) bond motifs is 1. The van der Waals surface area contributed by atoms with Crippen molar-refractivity contribution in [2.24, 2.45) is 11.8 Å². The molecule has 3 aliphatic rings. The van der Waals surface area contributed by atoms with Crippen LogP contribution in [0.15, 0.2) is 73.8 Å². The first-order chi connectivity index (χ1) is 22.1. The van der Waals surface area contributed by atoms with Crippen molar-refractivity contribution in [2.75, 3.05) is 31.1 Å². The Hall–Kier alpha value is -3.75. The molecule has 2 unspecified atom stereocenters. The molecule has 1 N–H and O–H groups in total. The maximum Gasteiger partial charge on any atom is 0.253 e. The molecule has 0 aliphatic carbocycles. The van der Waals surface area contributed by atoms with E-state index in [1.165, 1.54) is 0 Å². The second-order valence-corrected chi connectivity index (χ2v) is 13.2. The molecule has 6 atom stereocenters. The third kappa shape index (κ3) is 5.49. The Balaban J connectivity index is 1.67. The SMILES string of the molecule is C=CCN(CCC)C(=O)[C@@H]1[C@H]2C(=O)N([C@@H](CO)Cc3ccccc3)C(C(=O)N(CC=C)c3cc(C)ccc3C)C23CC[C@@]1(CC)O3. The van der Waals surface area contributed by atoms with Crippen LogP contribution in [0.25, 0.3) is 0 Å². The molecule has 3 fully saturated rings. The van der Waals surface area contributed by atoms with E-state index in [4.69, 9.17) is 4.74 Å². The molecule has 46 heavy (non-hydrogen) atoms. The van der Waals surface area contributed by atoms with Gasteiger partial charge in [0.1, 0.15) is 11.6 Å². The number of anilines is 1. The first-order valence-corrected chi connectivity index (χ1v) is 16.7. The van der Waals surface area contributed by atoms with E-state index < -0.39 is 35.1 Å². The minimum Gasteiger partial charge on any atom is -0.394 e. The van der Waals surface area contributed by atoms with Crippen LogP contribution in [-0.4, -0.2) is 82.2 Å². The van der Waals surface area contributed by atoms with Crippen molar-refractivity contribution in [3.63, 3.8) is 0 Å². The van der Waals surface area contributed by atoms with Crippen molar-refractivity contribution in [1.82, 2.24) is 9.80 Å². The fraction of sp³-hybridized carbons (Fsp3) is 0.500. The van der Waals surface area contributed by atoms with E-state index in [0.29, 0.717) is 38.8 Å². The van der Waals surface area contributed by atoms with Crippen LogP contribution in [0.3, 0.4) is 0 Å². The fourth-order valence-corrected chi connectivity index (χ4v) is 8.35. The molecule has 2 aromatic rings. The number of aliphatic hydroxyl groups excluding tert-OH is 1. The summed E-state index contributed by atoms with van der Waals surface area (Å²) in [5, 5.41) is 10.9. The van der Waals surface area contributed by atoms with E-state index >= 15 is 4.79 Å². The van der Waals surface area contributed by atoms with Gasteiger partial charge in [0.2, 0.25) is 11.8 Å². The number of nitrogens with zero attached hydrogens (tertiary/aromatic N) is 3. The highest BCUT2D eigenvalue weighted by molar-refractivity contribution is 6.05. The summed E-state index contributed by atoms with van der Waals surface area (Å²) in [5.74, 6) is -2.29. The summed E-state index contributed by atoms with van der Waals surface area (Å²) < 4.78 is 7.07. The van der Waals surface area contributed by atoms with Crippen molar-refractivity contribution in [2.45, 2.75) is 83.1 Å². The highest BCUT2D eigenvalue weighted by Crippen LogP contribution is 2.65. The van der Waals surface area contributed by atoms with Crippen molar-refractivity contribution in [3.05, 3.63) is 90.5 Å². The lowest BCUT2D eigenvalue weighted by Crippen LogP contribution is -2.59. The Morgan fingerprint density at radius 3 is 2.41 bits per heavy atom. The highest BCUT2D eigenvalue weighted by Gasteiger charge is 2.79. The Bertz CT molecular complexity index is 1480. The number of carbonyl (C=O) groups is 3. The summed E-state index contributed by atoms with van der Waals surface area (Å²) in [5.41, 5.74) is 1.54. The van der Waals surface area contributed by atoms with Crippen LogP contribution in [0.1, 0.15) is 56.2 Å². The van der Waals surface area contributed by atoms with Gasteiger partial charge in [-0.3, -0.25) is 14.4 Å². The Kier molecular flexibility index (Phi) is 9.89. The fourth-order valence-electron chi connectivity index (χ4n) is 8.35. The van der Waals surface area contributed by atoms with Gasteiger partial charge in [-0.2, -0.15) is 0 Å². The number of carbonyl (C=O) groups excluding carboxylic acids is 3. The Morgan fingerprint density at radius 2 is 1.78 bits per heavy atom. The van der Waals surface area contributed by atoms with Crippen molar-refractivity contribution >= 4 is 23.4 Å². The second-order valence-electron chi connectivity index (χ2n) is 13.2. The van der Waals surface area contributed by atoms with Gasteiger partial charge in [0, 0.05) is 25.3 Å². The number of hydrogen-bond acceptors (Lipinski definition) is 5. The zero-order valence-electron chi connectivity index (χ0n) is 27.8. The van der Waals surface area contributed by atoms with Crippen LogP contribution >= 0.6 is 0 Å². The lowest BCUT2D eigenvalue weighted by molar-refractivity contribution is -0.153. The van der Waals surface area contributed by atoms with Crippen LogP contribution in [-0.2, 0) is 25.5 Å². The number of likely N-dealkylation sites (tertiary alicyclic amines) is 1. The van der Waals surface area contributed by atoms with Gasteiger partial charge in [-0.15, -0.1) is 13.2 Å². The van der Waals surface area contributed by atoms with Crippen LogP contribution in [0, 0.1) is 25.7 Å². The lowest BCUT2D eigenvalue weighted by Gasteiger charge is -2.40. The number of amides is 3. The van der Waals surface area contributed by atoms with E-state index in [1.807, 2.05) is 76.2 Å². The number of rotatable bonds is 14. The Morgan fingerprint density at radius 1 is 1.07 bits per heavy atom. The maximum atomic E-state index is 15.2. The molecule has 5 rings (SSSR count). The quantitative estimate of drug-likeness (QED) is 0.298. The van der Waals surface area contributed by atoms with E-state index in [2.05, 4.69) is 13.2 Å². The van der Waals surface area contributed by atoms with Gasteiger partial charge >= 0.3 is 0 Å². The summed E-state index contributed by atoms with van der Waals surface area (Å²) in [7, 11) is 0. The van der Waals surface area contributed by atoms with Gasteiger partial charge in [-0.05, 0) is 68.7 Å². The maximum absolute atomic E-state index is 15.2. The van der Waals surface area contributed by atoms with Crippen LogP contribution in [0.4, 0.5) is 5.69 Å². The van der Waals surface area contributed by atoms with Gasteiger partial charge in [-0.1, -0.05) is 68.5 Å². The van der Waals surface area contributed by atoms with E-state index in [0.717, 1.165) is 28.8 Å². The molecule has 3 saturated heterocycles. The minimum absolute atomic E-state index is 0.127. The summed E-state index contributed by atoms with van der Waals surface area (Å²) in [6, 6.07) is 13.9. The Labute approximate surface area is 273 Å². The largest absolute Gasteiger partial charge is 0.394 e. The summed E-state index contributed by atoms with van der Waals surface area (Å²) in [4.78, 5) is 49.7. The predicted octanol–water partition coefficient (Wildman–Crippen LogP) is 5.01. The predicted molar refractivity (Wildman–Crippen MR) is 180 cm³/mol. The summed E-state index contributed by atoms with van der Waals surface area (Å²) >= 11 is 0. The molecular weight excluding hydrogens is 578 g/mol. The lowest BCUT2D eigenvalue weighted by atomic mass is 9.64. The molecular formula is C38H49N3O5. The molecule has 0 saturated carbocycles. The van der Waals surface area contributed by atoms with Crippen molar-refractivity contribution in [3.8, 4) is 0 Å². The molecule has 8 nitrogen and oxygen atoms in total. The van der Waals surface area contributed by atoms with Gasteiger partial charge < -0.3 is 24.5 Å². The van der Waals surface area contributed by atoms with E-state index in [-0.39, 0.29) is 30.9 Å². The smallest absolute Gasteiger partial charge is 0.253 e. The third-order valence-electron chi connectivity index (χ3n) is 10.4. The zero-order valence-corrected chi connectivity index (χ0v) is 27.8. The van der Waals surface area contributed by atoms with Gasteiger partial charge in [-0.25, -0.2) is 0 Å². The first-order valence-electron chi connectivity index (χ1n) is 16.7. The average molecular weight is 628 g/mol. The minimum atomic E-state index is -1.21. The molecule has 8 heteroatoms. The summed E-state index contributed by atoms with van der Waals surface area (Å²) in [6.45, 7) is 16.6. The number of ether oxygens (including phenoxy) is 1. The van der Waals surface area contributed by atoms with E-state index in [9.17, 15) is 14.7 Å². The topological polar surface area (TPSA) is 90.4 Å². The number of aliphatic hydroxyl groups is 1. The summed E-state index contributed by atoms with van der Waals surface area (Å²) in [6.07, 6.45) is 6.11. The molecule has 3 heterocycles. The van der Waals surface area contributed by atoms with E-state index in [1.54, 1.807) is 26.9 Å². The third-order valence-corrected chi connectivity index (χ3v) is 10.4. The van der Waals surface area contributed by atoms with Crippen LogP contribution in [0.2, 0.25) is 0 Å². The second kappa shape index (κ2) is 13.5. The van der Waals surface area contributed by atoms with Crippen molar-refractivity contribution in [1.29, 1.82) is 0 Å². The molecule has 0 radical (unpaired) electrons. The zero-order chi connectivity index (χ0) is 33.2. The monoisotopic (exact) mass is 627 g/mol. The molecule has 246 valence electrons. The molecule has 2 bridgehead atoms. The average Bonchev–Trinajstić information content (AvgIpc) is 3.67. The first kappa shape index (κ1) is 33.6. The van der Waals surface area contributed by atoms with Crippen LogP contribution in [0.5, 0.6) is 0 Å². The molecule has 2 aromatic carbocycles. The molecule has 1 spiro atoms. The standard InChI is InChI=1S/C38H49N3O5/c1-7-20-39(21-8-2)34(43)31-32-35(44)41(29(25-42)24-28-14-12-11-13-15-28)33(38(32)19-18-37(31,10-4)46-38)36(45)40(22-9-3)30-23-26(5)16-17-27(30)6/h7,9,11-17,23,29,31-33,42H,1,3,8,10,18-22,24-25H2,2,4-6H3/t29-,31+,32+,33?,37-,38?/m1/s1. The number of aryl methyl sites for hydroxylation is 2. The van der Waals surface area contributed by atoms with Gasteiger partial charge in [0.15, 0.2) is 0 Å². The highest BCUT2D eigenvalue weighted by atomic mass is 16.5. The normalized spacial score (nSPS) is 26.9.